The summed E-state index contributed by atoms with van der Waals surface area (Å²) in [5.41, 5.74) is 3.08. The van der Waals surface area contributed by atoms with Crippen LogP contribution < -0.4 is 14.8 Å². The first-order chi connectivity index (χ1) is 13.1. The molecule has 2 rings (SSSR count). The summed E-state index contributed by atoms with van der Waals surface area (Å²) in [6.45, 7) is 4.32. The predicted molar refractivity (Wildman–Crippen MR) is 106 cm³/mol. The number of ether oxygens (including phenoxy) is 3. The Hall–Kier alpha value is -2.69. The minimum atomic E-state index is -0.431. The highest BCUT2D eigenvalue weighted by Crippen LogP contribution is 2.30. The van der Waals surface area contributed by atoms with E-state index < -0.39 is 6.09 Å². The Morgan fingerprint density at radius 1 is 1.04 bits per heavy atom. The molecule has 0 aliphatic heterocycles. The van der Waals surface area contributed by atoms with Gasteiger partial charge < -0.3 is 19.5 Å². The Morgan fingerprint density at radius 3 is 2.30 bits per heavy atom. The third-order valence-electron chi connectivity index (χ3n) is 4.31. The van der Waals surface area contributed by atoms with Crippen molar-refractivity contribution in [1.29, 1.82) is 0 Å². The van der Waals surface area contributed by atoms with Crippen molar-refractivity contribution >= 4 is 6.09 Å². The van der Waals surface area contributed by atoms with Crippen molar-refractivity contribution in [2.75, 3.05) is 14.2 Å². The van der Waals surface area contributed by atoms with Crippen molar-refractivity contribution in [2.45, 2.75) is 45.8 Å². The van der Waals surface area contributed by atoms with Gasteiger partial charge in [-0.2, -0.15) is 0 Å². The lowest BCUT2D eigenvalue weighted by molar-refractivity contribution is 0.136. The summed E-state index contributed by atoms with van der Waals surface area (Å²) in [6, 6.07) is 13.5. The molecule has 0 aliphatic rings. The molecule has 2 aromatic rings. The Kier molecular flexibility index (Phi) is 7.99. The summed E-state index contributed by atoms with van der Waals surface area (Å²) in [5.74, 6) is 1.66. The standard InChI is InChI=1S/C22H29NO4/c1-5-9-18-13-21(26-4)19(14-20(18)25-3)12-16(2)23-22(24)27-15-17-10-7-6-8-11-17/h6-8,10-11,13-14,16H,5,9,12,15H2,1-4H3,(H,23,24). The number of rotatable bonds is 9. The molecule has 2 aromatic carbocycles. The normalized spacial score (nSPS) is 11.6. The van der Waals surface area contributed by atoms with Crippen LogP contribution in [0.25, 0.3) is 0 Å². The SMILES string of the molecule is CCCc1cc(OC)c(CC(C)NC(=O)OCc2ccccc2)cc1OC. The zero-order valence-corrected chi connectivity index (χ0v) is 16.6. The minimum absolute atomic E-state index is 0.107. The van der Waals surface area contributed by atoms with Gasteiger partial charge in [-0.05, 0) is 48.6 Å². The quantitative estimate of drug-likeness (QED) is 0.704. The zero-order chi connectivity index (χ0) is 19.6. The van der Waals surface area contributed by atoms with Gasteiger partial charge in [-0.15, -0.1) is 0 Å². The van der Waals surface area contributed by atoms with Gasteiger partial charge in [0.15, 0.2) is 0 Å². The van der Waals surface area contributed by atoms with Crippen LogP contribution in [0.15, 0.2) is 42.5 Å². The molecule has 0 heterocycles. The second-order valence-corrected chi connectivity index (χ2v) is 6.54. The van der Waals surface area contributed by atoms with E-state index in [1.165, 1.54) is 0 Å². The lowest BCUT2D eigenvalue weighted by atomic mass is 10.0. The van der Waals surface area contributed by atoms with Crippen molar-refractivity contribution in [1.82, 2.24) is 5.32 Å². The minimum Gasteiger partial charge on any atom is -0.496 e. The van der Waals surface area contributed by atoms with Crippen LogP contribution >= 0.6 is 0 Å². The summed E-state index contributed by atoms with van der Waals surface area (Å²) < 4.78 is 16.3. The van der Waals surface area contributed by atoms with Gasteiger partial charge in [0.1, 0.15) is 18.1 Å². The highest BCUT2D eigenvalue weighted by molar-refractivity contribution is 5.67. The second kappa shape index (κ2) is 10.5. The van der Waals surface area contributed by atoms with Crippen LogP contribution in [0.5, 0.6) is 11.5 Å². The van der Waals surface area contributed by atoms with E-state index in [-0.39, 0.29) is 12.6 Å². The van der Waals surface area contributed by atoms with Crippen LogP contribution in [0.2, 0.25) is 0 Å². The molecule has 0 bridgehead atoms. The Morgan fingerprint density at radius 2 is 1.67 bits per heavy atom. The Balaban J connectivity index is 1.97. The van der Waals surface area contributed by atoms with E-state index in [9.17, 15) is 4.79 Å². The third kappa shape index (κ3) is 6.20. The van der Waals surface area contributed by atoms with E-state index in [0.29, 0.717) is 6.42 Å². The number of carbonyl (C=O) groups is 1. The van der Waals surface area contributed by atoms with Crippen LogP contribution in [0.1, 0.15) is 37.0 Å². The van der Waals surface area contributed by atoms with E-state index in [1.54, 1.807) is 14.2 Å². The van der Waals surface area contributed by atoms with E-state index in [2.05, 4.69) is 12.2 Å². The van der Waals surface area contributed by atoms with Crippen LogP contribution in [0, 0.1) is 0 Å². The van der Waals surface area contributed by atoms with Crippen molar-refractivity contribution in [3.05, 3.63) is 59.2 Å². The van der Waals surface area contributed by atoms with Crippen molar-refractivity contribution in [3.63, 3.8) is 0 Å². The molecule has 5 nitrogen and oxygen atoms in total. The van der Waals surface area contributed by atoms with E-state index in [0.717, 1.165) is 41.0 Å². The summed E-state index contributed by atoms with van der Waals surface area (Å²) >= 11 is 0. The van der Waals surface area contributed by atoms with Gasteiger partial charge in [0.05, 0.1) is 14.2 Å². The number of alkyl carbamates (subject to hydrolysis) is 1. The van der Waals surface area contributed by atoms with Gasteiger partial charge in [-0.1, -0.05) is 43.7 Å². The molecule has 5 heteroatoms. The topological polar surface area (TPSA) is 56.8 Å². The molecule has 0 spiro atoms. The van der Waals surface area contributed by atoms with Crippen LogP contribution in [0.4, 0.5) is 4.79 Å². The number of benzene rings is 2. The number of hydrogen-bond donors (Lipinski definition) is 1. The number of aryl methyl sites for hydroxylation is 1. The maximum atomic E-state index is 12.0. The lowest BCUT2D eigenvalue weighted by Crippen LogP contribution is -2.34. The molecular weight excluding hydrogens is 342 g/mol. The van der Waals surface area contributed by atoms with Gasteiger partial charge in [-0.25, -0.2) is 4.79 Å². The molecule has 146 valence electrons. The maximum Gasteiger partial charge on any atom is 0.407 e. The fraction of sp³-hybridized carbons (Fsp3) is 0.409. The first kappa shape index (κ1) is 20.6. The molecule has 0 aliphatic carbocycles. The van der Waals surface area contributed by atoms with Crippen LogP contribution in [0.3, 0.4) is 0 Å². The first-order valence-electron chi connectivity index (χ1n) is 9.28. The smallest absolute Gasteiger partial charge is 0.407 e. The Bertz CT molecular complexity index is 731. The van der Waals surface area contributed by atoms with Crippen LogP contribution in [-0.2, 0) is 24.2 Å². The van der Waals surface area contributed by atoms with E-state index in [1.807, 2.05) is 49.4 Å². The van der Waals surface area contributed by atoms with E-state index >= 15 is 0 Å². The molecule has 0 radical (unpaired) electrons. The number of nitrogens with one attached hydrogen (secondary N) is 1. The average molecular weight is 371 g/mol. The fourth-order valence-electron chi connectivity index (χ4n) is 3.00. The molecule has 0 saturated heterocycles. The number of carbonyl (C=O) groups excluding carboxylic acids is 1. The molecule has 0 aromatic heterocycles. The van der Waals surface area contributed by atoms with Gasteiger partial charge >= 0.3 is 6.09 Å². The fourth-order valence-corrected chi connectivity index (χ4v) is 3.00. The molecule has 1 amide bonds. The van der Waals surface area contributed by atoms with Crippen molar-refractivity contribution < 1.29 is 19.0 Å². The van der Waals surface area contributed by atoms with Gasteiger partial charge in [-0.3, -0.25) is 0 Å². The first-order valence-corrected chi connectivity index (χ1v) is 9.28. The predicted octanol–water partition coefficient (Wildman–Crippen LogP) is 4.51. The summed E-state index contributed by atoms with van der Waals surface area (Å²) in [5, 5.41) is 2.87. The molecular formula is C22H29NO4. The molecule has 1 N–H and O–H groups in total. The van der Waals surface area contributed by atoms with Gasteiger partial charge in [0.25, 0.3) is 0 Å². The van der Waals surface area contributed by atoms with E-state index in [4.69, 9.17) is 14.2 Å². The van der Waals surface area contributed by atoms with Crippen molar-refractivity contribution in [3.8, 4) is 11.5 Å². The molecule has 1 unspecified atom stereocenters. The highest BCUT2D eigenvalue weighted by Gasteiger charge is 2.15. The summed E-state index contributed by atoms with van der Waals surface area (Å²) in [4.78, 5) is 12.0. The second-order valence-electron chi connectivity index (χ2n) is 6.54. The number of methoxy groups -OCH3 is 2. The summed E-state index contributed by atoms with van der Waals surface area (Å²) in [7, 11) is 3.33. The highest BCUT2D eigenvalue weighted by atomic mass is 16.5. The van der Waals surface area contributed by atoms with Crippen molar-refractivity contribution in [2.24, 2.45) is 0 Å². The monoisotopic (exact) mass is 371 g/mol. The number of amides is 1. The van der Waals surface area contributed by atoms with Gasteiger partial charge in [0, 0.05) is 6.04 Å². The molecule has 0 fully saturated rings. The summed E-state index contributed by atoms with van der Waals surface area (Å²) in [6.07, 6.45) is 2.15. The van der Waals surface area contributed by atoms with Crippen LogP contribution in [-0.4, -0.2) is 26.4 Å². The molecule has 1 atom stereocenters. The third-order valence-corrected chi connectivity index (χ3v) is 4.31. The largest absolute Gasteiger partial charge is 0.496 e. The Labute approximate surface area is 161 Å². The number of hydrogen-bond acceptors (Lipinski definition) is 4. The lowest BCUT2D eigenvalue weighted by Gasteiger charge is -2.18. The average Bonchev–Trinajstić information content (AvgIpc) is 2.68. The molecule has 27 heavy (non-hydrogen) atoms. The zero-order valence-electron chi connectivity index (χ0n) is 16.6. The van der Waals surface area contributed by atoms with Gasteiger partial charge in [0.2, 0.25) is 0 Å². The maximum absolute atomic E-state index is 12.0. The molecule has 0 saturated carbocycles.